The largest absolute Gasteiger partial charge is 0.455 e. The molecule has 0 saturated carbocycles. The maximum atomic E-state index is 14.4. The lowest BCUT2D eigenvalue weighted by atomic mass is 9.91. The minimum absolute atomic E-state index is 0.0689. The minimum Gasteiger partial charge on any atom is -0.455 e. The van der Waals surface area contributed by atoms with Crippen LogP contribution in [0.2, 0.25) is 0 Å². The van der Waals surface area contributed by atoms with Crippen LogP contribution in [0.5, 0.6) is 0 Å². The van der Waals surface area contributed by atoms with E-state index in [4.69, 9.17) is 18.9 Å². The number of esters is 2. The summed E-state index contributed by atoms with van der Waals surface area (Å²) in [6.45, 7) is 4.02. The average molecular weight is 589 g/mol. The van der Waals surface area contributed by atoms with E-state index in [0.717, 1.165) is 30.4 Å². The lowest BCUT2D eigenvalue weighted by molar-refractivity contribution is -0.166. The molecular formula is C28H32N2O8S2. The van der Waals surface area contributed by atoms with Gasteiger partial charge in [0.15, 0.2) is 9.74 Å². The normalized spacial score (nSPS) is 44.5. The maximum Gasteiger partial charge on any atom is 0.306 e. The number of hydrogen-bond donors (Lipinski definition) is 0. The highest BCUT2D eigenvalue weighted by molar-refractivity contribution is 8.78. The molecule has 40 heavy (non-hydrogen) atoms. The quantitative estimate of drug-likeness (QED) is 0.138. The highest BCUT2D eigenvalue weighted by Gasteiger charge is 2.80. The van der Waals surface area contributed by atoms with Crippen molar-refractivity contribution in [1.82, 2.24) is 9.80 Å². The predicted octanol–water partition coefficient (Wildman–Crippen LogP) is 2.61. The standard InChI is InChI=1S/C28H32N2O8S2/c1-3-5-6-8-18(32)36-16-10-14-12-28-26(34)29-19-13(9-15(21-23(19)37-21)35-17(31)7-4-2)11-27(29,39-40-28)25(33)30(28)20(14)24-22(16)38-24/h9-10,15-16,19-24H,3-8,11-12H2,1-2H3. The van der Waals surface area contributed by atoms with Gasteiger partial charge < -0.3 is 28.7 Å². The first-order valence-electron chi connectivity index (χ1n) is 14.5. The third kappa shape index (κ3) is 3.33. The van der Waals surface area contributed by atoms with Crippen LogP contribution >= 0.6 is 21.6 Å². The first kappa shape index (κ1) is 25.7. The van der Waals surface area contributed by atoms with Crippen LogP contribution in [0.4, 0.5) is 0 Å². The number of amides is 2. The van der Waals surface area contributed by atoms with Crippen LogP contribution in [-0.2, 0) is 38.1 Å². The van der Waals surface area contributed by atoms with Crippen LogP contribution in [0.1, 0.15) is 65.2 Å². The second-order valence-electron chi connectivity index (χ2n) is 12.1. The van der Waals surface area contributed by atoms with Gasteiger partial charge in [0.1, 0.15) is 36.6 Å². The average Bonchev–Trinajstić information content (AvgIpc) is 3.83. The van der Waals surface area contributed by atoms with E-state index in [9.17, 15) is 19.2 Å². The van der Waals surface area contributed by atoms with Crippen LogP contribution in [-0.4, -0.2) is 92.0 Å². The first-order valence-corrected chi connectivity index (χ1v) is 16.6. The predicted molar refractivity (Wildman–Crippen MR) is 143 cm³/mol. The molecule has 10 atom stereocenters. The molecule has 7 saturated heterocycles. The van der Waals surface area contributed by atoms with Crippen LogP contribution in [0.15, 0.2) is 23.3 Å². The smallest absolute Gasteiger partial charge is 0.306 e. The summed E-state index contributed by atoms with van der Waals surface area (Å²) in [7, 11) is 2.95. The molecule has 7 heterocycles. The molecule has 10 nitrogen and oxygen atoms in total. The van der Waals surface area contributed by atoms with Crippen molar-refractivity contribution in [3.63, 3.8) is 0 Å². The van der Waals surface area contributed by atoms with Gasteiger partial charge in [0.2, 0.25) is 0 Å². The molecule has 0 N–H and O–H groups in total. The Kier molecular flexibility index (Phi) is 5.61. The fraction of sp³-hybridized carbons (Fsp3) is 0.714. The number of nitrogens with zero attached hydrogens (tertiary/aromatic N) is 2. The topological polar surface area (TPSA) is 118 Å². The molecule has 9 rings (SSSR count). The Hall–Kier alpha value is -2.02. The van der Waals surface area contributed by atoms with E-state index in [1.807, 2.05) is 19.1 Å². The number of epoxide rings is 2. The number of fused-ring (bicyclic) bond motifs is 7. The van der Waals surface area contributed by atoms with Gasteiger partial charge >= 0.3 is 11.9 Å². The lowest BCUT2D eigenvalue weighted by Gasteiger charge is -2.58. The molecule has 2 amide bonds. The summed E-state index contributed by atoms with van der Waals surface area (Å²) in [6, 6.07) is -0.651. The summed E-state index contributed by atoms with van der Waals surface area (Å²) in [6.07, 6.45) is 6.78. The molecule has 2 aliphatic carbocycles. The molecular weight excluding hydrogens is 556 g/mol. The molecule has 9 aliphatic rings. The SMILES string of the molecule is CCCCCC(=O)OC1C=C2CC34SSC5(CC6=CC(OC(=O)CCC)C7OC7C6N5C3=O)C(=O)N4C2C2OC12. The monoisotopic (exact) mass is 588 g/mol. The number of hydrogen-bond acceptors (Lipinski definition) is 10. The van der Waals surface area contributed by atoms with E-state index in [0.29, 0.717) is 32.1 Å². The Bertz CT molecular complexity index is 1280. The minimum atomic E-state index is -1.05. The number of piperazine rings is 1. The van der Waals surface area contributed by atoms with Gasteiger partial charge in [-0.2, -0.15) is 0 Å². The summed E-state index contributed by atoms with van der Waals surface area (Å²) in [4.78, 5) is 55.0. The summed E-state index contributed by atoms with van der Waals surface area (Å²) in [5.41, 5.74) is 1.89. The summed E-state index contributed by atoms with van der Waals surface area (Å²) >= 11 is 0. The summed E-state index contributed by atoms with van der Waals surface area (Å²) < 4.78 is 23.5. The molecule has 214 valence electrons. The van der Waals surface area contributed by atoms with E-state index in [1.54, 1.807) is 9.80 Å². The van der Waals surface area contributed by atoms with E-state index < -0.39 is 21.9 Å². The van der Waals surface area contributed by atoms with Crippen LogP contribution in [0, 0.1) is 0 Å². The van der Waals surface area contributed by atoms with Gasteiger partial charge in [-0.25, -0.2) is 0 Å². The summed E-state index contributed by atoms with van der Waals surface area (Å²) in [5, 5.41) is 0. The van der Waals surface area contributed by atoms with Crippen molar-refractivity contribution in [3.05, 3.63) is 23.3 Å². The fourth-order valence-electron chi connectivity index (χ4n) is 7.68. The zero-order valence-corrected chi connectivity index (χ0v) is 24.0. The fourth-order valence-corrected chi connectivity index (χ4v) is 11.4. The number of unbranched alkanes of at least 4 members (excludes halogenated alkanes) is 2. The second-order valence-corrected chi connectivity index (χ2v) is 14.7. The Morgan fingerprint density at radius 1 is 0.800 bits per heavy atom. The number of ether oxygens (including phenoxy) is 4. The van der Waals surface area contributed by atoms with E-state index >= 15 is 0 Å². The van der Waals surface area contributed by atoms with Gasteiger partial charge in [0, 0.05) is 25.7 Å². The molecule has 10 unspecified atom stereocenters. The highest BCUT2D eigenvalue weighted by atomic mass is 33.1. The molecule has 0 aromatic carbocycles. The van der Waals surface area contributed by atoms with Crippen molar-refractivity contribution in [1.29, 1.82) is 0 Å². The van der Waals surface area contributed by atoms with E-state index in [1.165, 1.54) is 21.6 Å². The van der Waals surface area contributed by atoms with Crippen molar-refractivity contribution in [2.24, 2.45) is 0 Å². The Balaban J connectivity index is 1.08. The van der Waals surface area contributed by atoms with Gasteiger partial charge in [-0.05, 0) is 36.1 Å². The van der Waals surface area contributed by atoms with Crippen molar-refractivity contribution < 1.29 is 38.1 Å². The molecule has 7 aliphatic heterocycles. The van der Waals surface area contributed by atoms with Gasteiger partial charge in [0.05, 0.1) is 12.1 Å². The number of carbonyl (C=O) groups is 4. The molecule has 0 aromatic rings. The van der Waals surface area contributed by atoms with E-state index in [-0.39, 0.29) is 60.3 Å². The van der Waals surface area contributed by atoms with Gasteiger partial charge in [-0.15, -0.1) is 0 Å². The number of carbonyl (C=O) groups excluding carboxylic acids is 4. The van der Waals surface area contributed by atoms with Gasteiger partial charge in [-0.1, -0.05) is 48.3 Å². The maximum absolute atomic E-state index is 14.4. The van der Waals surface area contributed by atoms with Crippen LogP contribution in [0.25, 0.3) is 0 Å². The summed E-state index contributed by atoms with van der Waals surface area (Å²) in [5.74, 6) is -0.631. The highest BCUT2D eigenvalue weighted by Crippen LogP contribution is 2.71. The Morgan fingerprint density at radius 3 is 1.77 bits per heavy atom. The molecule has 2 bridgehead atoms. The van der Waals surface area contributed by atoms with Gasteiger partial charge in [0.25, 0.3) is 11.8 Å². The Labute approximate surface area is 239 Å². The van der Waals surface area contributed by atoms with Crippen molar-refractivity contribution in [2.75, 3.05) is 0 Å². The van der Waals surface area contributed by atoms with Crippen LogP contribution < -0.4 is 0 Å². The van der Waals surface area contributed by atoms with Crippen molar-refractivity contribution >= 4 is 45.3 Å². The molecule has 0 aromatic heterocycles. The third-order valence-electron chi connectivity index (χ3n) is 9.53. The lowest BCUT2D eigenvalue weighted by Crippen LogP contribution is -2.76. The molecule has 0 radical (unpaired) electrons. The molecule has 12 heteroatoms. The van der Waals surface area contributed by atoms with Gasteiger partial charge in [-0.3, -0.25) is 19.2 Å². The molecule has 7 fully saturated rings. The molecule has 2 spiro atoms. The number of rotatable bonds is 8. The van der Waals surface area contributed by atoms with Crippen molar-refractivity contribution in [3.8, 4) is 0 Å². The van der Waals surface area contributed by atoms with Crippen molar-refractivity contribution in [2.45, 2.75) is 124 Å². The first-order chi connectivity index (χ1) is 19.3. The van der Waals surface area contributed by atoms with Crippen LogP contribution in [0.3, 0.4) is 0 Å². The zero-order valence-electron chi connectivity index (χ0n) is 22.4. The second kappa shape index (κ2) is 8.75. The Morgan fingerprint density at radius 2 is 1.30 bits per heavy atom. The third-order valence-corrected chi connectivity index (χ3v) is 13.1. The zero-order chi connectivity index (χ0) is 27.6. The van der Waals surface area contributed by atoms with E-state index in [2.05, 4.69) is 6.92 Å².